The van der Waals surface area contributed by atoms with Crippen LogP contribution in [0.2, 0.25) is 0 Å². The quantitative estimate of drug-likeness (QED) is 0.624. The zero-order valence-corrected chi connectivity index (χ0v) is 16.5. The highest BCUT2D eigenvalue weighted by molar-refractivity contribution is 7.16. The van der Waals surface area contributed by atoms with Crippen molar-refractivity contribution < 1.29 is 4.79 Å². The summed E-state index contributed by atoms with van der Waals surface area (Å²) in [6.45, 7) is 8.59. The summed E-state index contributed by atoms with van der Waals surface area (Å²) in [6, 6.07) is 17.9. The molecule has 4 heteroatoms. The van der Waals surface area contributed by atoms with Gasteiger partial charge >= 0.3 is 0 Å². The van der Waals surface area contributed by atoms with Gasteiger partial charge in [-0.15, -0.1) is 11.3 Å². The van der Waals surface area contributed by atoms with Crippen molar-refractivity contribution in [2.45, 2.75) is 39.5 Å². The number of nitrogens with one attached hydrogen (secondary N) is 1. The molecule has 1 N–H and O–H groups in total. The molecule has 0 saturated carbocycles. The molecule has 0 spiro atoms. The second kappa shape index (κ2) is 7.42. The maximum Gasteiger partial charge on any atom is 0.257 e. The first-order chi connectivity index (χ1) is 12.4. The highest BCUT2D eigenvalue weighted by Gasteiger charge is 2.16. The van der Waals surface area contributed by atoms with Gasteiger partial charge in [-0.1, -0.05) is 70.2 Å². The lowest BCUT2D eigenvalue weighted by atomic mass is 9.87. The van der Waals surface area contributed by atoms with Crippen LogP contribution in [0.5, 0.6) is 0 Å². The van der Waals surface area contributed by atoms with Crippen molar-refractivity contribution in [2.75, 3.05) is 5.32 Å². The fourth-order valence-corrected chi connectivity index (χ4v) is 3.68. The number of benzene rings is 2. The van der Waals surface area contributed by atoms with Gasteiger partial charge in [0.1, 0.15) is 0 Å². The van der Waals surface area contributed by atoms with Crippen molar-refractivity contribution >= 4 is 22.4 Å². The number of thiazole rings is 1. The summed E-state index contributed by atoms with van der Waals surface area (Å²) >= 11 is 1.54. The molecule has 0 aliphatic heterocycles. The molecule has 0 saturated heterocycles. The van der Waals surface area contributed by atoms with E-state index >= 15 is 0 Å². The molecule has 0 radical (unpaired) electrons. The van der Waals surface area contributed by atoms with Gasteiger partial charge in [0, 0.05) is 16.0 Å². The summed E-state index contributed by atoms with van der Waals surface area (Å²) in [4.78, 5) is 18.4. The highest BCUT2D eigenvalue weighted by atomic mass is 32.1. The average molecular weight is 365 g/mol. The summed E-state index contributed by atoms with van der Waals surface area (Å²) in [7, 11) is 0. The van der Waals surface area contributed by atoms with E-state index in [1.165, 1.54) is 10.4 Å². The van der Waals surface area contributed by atoms with Crippen LogP contribution >= 0.6 is 11.3 Å². The molecular formula is C22H24N2OS. The molecule has 3 aromatic rings. The third-order valence-electron chi connectivity index (χ3n) is 4.30. The molecule has 0 unspecified atom stereocenters. The fourth-order valence-electron chi connectivity index (χ4n) is 2.76. The van der Waals surface area contributed by atoms with E-state index in [1.54, 1.807) is 11.3 Å². The lowest BCUT2D eigenvalue weighted by Gasteiger charge is -2.18. The predicted octanol–water partition coefficient (Wildman–Crippen LogP) is 5.92. The summed E-state index contributed by atoms with van der Waals surface area (Å²) in [5.41, 5.74) is 3.97. The topological polar surface area (TPSA) is 42.0 Å². The number of rotatable bonds is 4. The lowest BCUT2D eigenvalue weighted by Crippen LogP contribution is -2.14. The van der Waals surface area contributed by atoms with Crippen molar-refractivity contribution in [3.8, 4) is 11.3 Å². The summed E-state index contributed by atoms with van der Waals surface area (Å²) < 4.78 is 0. The Labute approximate surface area is 159 Å². The van der Waals surface area contributed by atoms with Gasteiger partial charge in [0.2, 0.25) is 0 Å². The Hall–Kier alpha value is -2.46. The first-order valence-corrected chi connectivity index (χ1v) is 9.67. The van der Waals surface area contributed by atoms with E-state index in [4.69, 9.17) is 0 Å². The van der Waals surface area contributed by atoms with Gasteiger partial charge in [-0.3, -0.25) is 10.1 Å². The molecule has 0 atom stereocenters. The fraction of sp³-hybridized carbons (Fsp3) is 0.273. The Morgan fingerprint density at radius 2 is 1.69 bits per heavy atom. The predicted molar refractivity (Wildman–Crippen MR) is 110 cm³/mol. The number of aromatic nitrogens is 1. The SMILES string of the molecule is CCc1sc(NC(=O)c2ccc(C(C)(C)C)cc2)nc1-c1ccccc1. The lowest BCUT2D eigenvalue weighted by molar-refractivity contribution is 0.102. The van der Waals surface area contributed by atoms with Gasteiger partial charge in [0.15, 0.2) is 5.13 Å². The van der Waals surface area contributed by atoms with E-state index in [2.05, 4.69) is 38.0 Å². The van der Waals surface area contributed by atoms with Crippen LogP contribution in [-0.2, 0) is 11.8 Å². The number of anilines is 1. The smallest absolute Gasteiger partial charge is 0.257 e. The molecule has 2 aromatic carbocycles. The summed E-state index contributed by atoms with van der Waals surface area (Å²) in [6.07, 6.45) is 0.887. The van der Waals surface area contributed by atoms with E-state index in [0.717, 1.165) is 17.7 Å². The van der Waals surface area contributed by atoms with Crippen molar-refractivity contribution in [3.63, 3.8) is 0 Å². The van der Waals surface area contributed by atoms with Crippen LogP contribution in [0.1, 0.15) is 48.5 Å². The molecule has 0 aliphatic carbocycles. The number of hydrogen-bond acceptors (Lipinski definition) is 3. The van der Waals surface area contributed by atoms with Crippen molar-refractivity contribution in [2.24, 2.45) is 0 Å². The van der Waals surface area contributed by atoms with Crippen LogP contribution in [0.15, 0.2) is 54.6 Å². The van der Waals surface area contributed by atoms with E-state index in [9.17, 15) is 4.79 Å². The van der Waals surface area contributed by atoms with Crippen LogP contribution in [0, 0.1) is 0 Å². The maximum absolute atomic E-state index is 12.6. The Kier molecular flexibility index (Phi) is 5.23. The molecular weight excluding hydrogens is 340 g/mol. The normalized spacial score (nSPS) is 11.4. The average Bonchev–Trinajstić information content (AvgIpc) is 3.04. The molecule has 3 rings (SSSR count). The van der Waals surface area contributed by atoms with Crippen molar-refractivity contribution in [3.05, 3.63) is 70.6 Å². The zero-order chi connectivity index (χ0) is 18.7. The van der Waals surface area contributed by atoms with Crippen LogP contribution in [0.3, 0.4) is 0 Å². The molecule has 0 aliphatic rings. The van der Waals surface area contributed by atoms with E-state index in [-0.39, 0.29) is 11.3 Å². The molecule has 1 aromatic heterocycles. The van der Waals surface area contributed by atoms with Crippen LogP contribution in [0.4, 0.5) is 5.13 Å². The molecule has 1 heterocycles. The monoisotopic (exact) mass is 364 g/mol. The molecule has 0 bridgehead atoms. The molecule has 1 amide bonds. The van der Waals surface area contributed by atoms with E-state index in [0.29, 0.717) is 10.7 Å². The summed E-state index contributed by atoms with van der Waals surface area (Å²) in [5.74, 6) is -0.124. The minimum absolute atomic E-state index is 0.0743. The van der Waals surface area contributed by atoms with Crippen LogP contribution < -0.4 is 5.32 Å². The first kappa shape index (κ1) is 18.3. The molecule has 0 fully saturated rings. The van der Waals surface area contributed by atoms with E-state index < -0.39 is 0 Å². The molecule has 3 nitrogen and oxygen atoms in total. The third kappa shape index (κ3) is 4.02. The number of carbonyl (C=O) groups excluding carboxylic acids is 1. The zero-order valence-electron chi connectivity index (χ0n) is 15.7. The minimum Gasteiger partial charge on any atom is -0.298 e. The Morgan fingerprint density at radius 1 is 1.04 bits per heavy atom. The van der Waals surface area contributed by atoms with Gasteiger partial charge in [0.05, 0.1) is 5.69 Å². The van der Waals surface area contributed by atoms with Gasteiger partial charge in [-0.2, -0.15) is 0 Å². The number of amides is 1. The number of nitrogens with zero attached hydrogens (tertiary/aromatic N) is 1. The number of aryl methyl sites for hydroxylation is 1. The van der Waals surface area contributed by atoms with Crippen molar-refractivity contribution in [1.82, 2.24) is 4.98 Å². The highest BCUT2D eigenvalue weighted by Crippen LogP contribution is 2.31. The minimum atomic E-state index is -0.124. The standard InChI is InChI=1S/C22H24N2OS/c1-5-18-19(15-9-7-6-8-10-15)23-21(26-18)24-20(25)16-11-13-17(14-12-16)22(2,3)4/h6-14H,5H2,1-4H3,(H,23,24,25). The summed E-state index contributed by atoms with van der Waals surface area (Å²) in [5, 5.41) is 3.59. The van der Waals surface area contributed by atoms with Crippen LogP contribution in [-0.4, -0.2) is 10.9 Å². The first-order valence-electron chi connectivity index (χ1n) is 8.85. The van der Waals surface area contributed by atoms with Gasteiger partial charge in [-0.05, 0) is 29.5 Å². The van der Waals surface area contributed by atoms with Gasteiger partial charge < -0.3 is 0 Å². The third-order valence-corrected chi connectivity index (χ3v) is 5.41. The molecule has 26 heavy (non-hydrogen) atoms. The van der Waals surface area contributed by atoms with Gasteiger partial charge in [0.25, 0.3) is 5.91 Å². The second-order valence-corrected chi connectivity index (χ2v) is 8.38. The number of hydrogen-bond donors (Lipinski definition) is 1. The Bertz CT molecular complexity index is 890. The Morgan fingerprint density at radius 3 is 2.27 bits per heavy atom. The largest absolute Gasteiger partial charge is 0.298 e. The maximum atomic E-state index is 12.6. The second-order valence-electron chi connectivity index (χ2n) is 7.29. The Balaban J connectivity index is 1.81. The van der Waals surface area contributed by atoms with Crippen molar-refractivity contribution in [1.29, 1.82) is 0 Å². The van der Waals surface area contributed by atoms with E-state index in [1.807, 2.05) is 54.6 Å². The molecule has 134 valence electrons. The van der Waals surface area contributed by atoms with Crippen LogP contribution in [0.25, 0.3) is 11.3 Å². The number of carbonyl (C=O) groups is 1. The van der Waals surface area contributed by atoms with Gasteiger partial charge in [-0.25, -0.2) is 4.98 Å².